The molecule has 10 heteroatoms. The maximum Gasteiger partial charge on any atom is 0.402 e. The third-order valence-corrected chi connectivity index (χ3v) is 3.99. The van der Waals surface area contributed by atoms with Crippen molar-refractivity contribution in [2.24, 2.45) is 5.73 Å². The summed E-state index contributed by atoms with van der Waals surface area (Å²) >= 11 is 4.75. The number of hydrogen-bond acceptors (Lipinski definition) is 3. The van der Waals surface area contributed by atoms with Crippen molar-refractivity contribution in [2.75, 3.05) is 17.9 Å². The monoisotopic (exact) mass is 327 g/mol. The van der Waals surface area contributed by atoms with E-state index in [0.717, 1.165) is 7.05 Å². The van der Waals surface area contributed by atoms with Gasteiger partial charge in [0.2, 0.25) is 0 Å². The van der Waals surface area contributed by atoms with Crippen molar-refractivity contribution in [1.82, 2.24) is 4.72 Å². The predicted molar refractivity (Wildman–Crippen MR) is 73.7 cm³/mol. The van der Waals surface area contributed by atoms with Crippen LogP contribution in [0.3, 0.4) is 0 Å². The molecule has 112 valence electrons. The second kappa shape index (κ2) is 5.94. The average molecular weight is 327 g/mol. The minimum Gasteiger partial charge on any atom is -0.389 e. The van der Waals surface area contributed by atoms with Gasteiger partial charge in [-0.2, -0.15) is 26.3 Å². The predicted octanol–water partition coefficient (Wildman–Crippen LogP) is 1.15. The number of rotatable bonds is 5. The first-order valence-corrected chi connectivity index (χ1v) is 7.08. The molecule has 1 aromatic carbocycles. The molecule has 20 heavy (non-hydrogen) atoms. The molecule has 0 aliphatic carbocycles. The van der Waals surface area contributed by atoms with Crippen LogP contribution in [0.4, 0.5) is 18.9 Å². The summed E-state index contributed by atoms with van der Waals surface area (Å²) in [6.07, 6.45) is -4.63. The van der Waals surface area contributed by atoms with Crippen molar-refractivity contribution in [3.8, 4) is 0 Å². The van der Waals surface area contributed by atoms with Gasteiger partial charge < -0.3 is 5.73 Å². The molecule has 0 aromatic heterocycles. The van der Waals surface area contributed by atoms with Crippen LogP contribution in [0.1, 0.15) is 5.56 Å². The van der Waals surface area contributed by atoms with Gasteiger partial charge in [0, 0.05) is 12.6 Å². The van der Waals surface area contributed by atoms with Crippen molar-refractivity contribution >= 4 is 33.1 Å². The molecule has 3 N–H and O–H groups in total. The highest BCUT2D eigenvalue weighted by molar-refractivity contribution is 7.90. The molecule has 5 nitrogen and oxygen atoms in total. The topological polar surface area (TPSA) is 75.4 Å². The number of nitrogens with zero attached hydrogens (tertiary/aromatic N) is 1. The van der Waals surface area contributed by atoms with Crippen LogP contribution in [0.15, 0.2) is 24.3 Å². The molecular formula is C10H12F3N3O2S2. The molecule has 0 spiro atoms. The van der Waals surface area contributed by atoms with Gasteiger partial charge in [-0.15, -0.1) is 0 Å². The Balaban J connectivity index is 2.96. The highest BCUT2D eigenvalue weighted by atomic mass is 32.2. The van der Waals surface area contributed by atoms with Crippen LogP contribution in [0.2, 0.25) is 0 Å². The quantitative estimate of drug-likeness (QED) is 0.796. The number of thiocarbonyl (C=S) groups is 1. The number of alkyl halides is 3. The smallest absolute Gasteiger partial charge is 0.389 e. The van der Waals surface area contributed by atoms with E-state index in [0.29, 0.717) is 9.87 Å². The normalized spacial score (nSPS) is 12.2. The fourth-order valence-electron chi connectivity index (χ4n) is 1.26. The summed E-state index contributed by atoms with van der Waals surface area (Å²) in [7, 11) is -3.19. The zero-order valence-electron chi connectivity index (χ0n) is 10.3. The lowest BCUT2D eigenvalue weighted by atomic mass is 10.2. The Morgan fingerprint density at radius 1 is 1.45 bits per heavy atom. The number of anilines is 1. The van der Waals surface area contributed by atoms with Gasteiger partial charge in [-0.25, -0.2) is 0 Å². The number of benzene rings is 1. The molecule has 0 heterocycles. The van der Waals surface area contributed by atoms with Gasteiger partial charge in [0.05, 0.1) is 5.69 Å². The molecular weight excluding hydrogens is 315 g/mol. The first-order valence-electron chi connectivity index (χ1n) is 5.23. The number of nitrogens with two attached hydrogens (primary N) is 1. The molecule has 1 rings (SSSR count). The van der Waals surface area contributed by atoms with E-state index in [9.17, 15) is 21.6 Å². The van der Waals surface area contributed by atoms with Crippen molar-refractivity contribution in [3.63, 3.8) is 0 Å². The largest absolute Gasteiger partial charge is 0.402 e. The van der Waals surface area contributed by atoms with Crippen LogP contribution in [0.25, 0.3) is 0 Å². The summed E-state index contributed by atoms with van der Waals surface area (Å²) in [5.41, 5.74) is 5.96. The number of hydrogen-bond donors (Lipinski definition) is 2. The van der Waals surface area contributed by atoms with Crippen molar-refractivity contribution in [2.45, 2.75) is 6.18 Å². The van der Waals surface area contributed by atoms with Gasteiger partial charge in [-0.05, 0) is 12.1 Å². The molecule has 0 aliphatic rings. The van der Waals surface area contributed by atoms with Crippen LogP contribution in [0.5, 0.6) is 0 Å². The van der Waals surface area contributed by atoms with Crippen LogP contribution in [-0.2, 0) is 10.2 Å². The molecule has 0 aliphatic heterocycles. The second-order valence-corrected chi connectivity index (χ2v) is 6.05. The van der Waals surface area contributed by atoms with E-state index >= 15 is 0 Å². The minimum absolute atomic E-state index is 0.0564. The van der Waals surface area contributed by atoms with Gasteiger partial charge in [-0.1, -0.05) is 24.4 Å². The van der Waals surface area contributed by atoms with Crippen molar-refractivity contribution in [1.29, 1.82) is 0 Å². The Morgan fingerprint density at radius 2 is 2.05 bits per heavy atom. The van der Waals surface area contributed by atoms with Crippen LogP contribution < -0.4 is 14.8 Å². The Labute approximate surface area is 119 Å². The van der Waals surface area contributed by atoms with Crippen LogP contribution >= 0.6 is 12.2 Å². The van der Waals surface area contributed by atoms with E-state index in [2.05, 4.69) is 0 Å². The number of halogens is 3. The maximum absolute atomic E-state index is 12.0. The molecule has 0 radical (unpaired) electrons. The van der Waals surface area contributed by atoms with E-state index in [1.807, 2.05) is 0 Å². The van der Waals surface area contributed by atoms with Gasteiger partial charge in [0.1, 0.15) is 11.5 Å². The standard InChI is InChI=1S/C10H12F3N3O2S2/c1-16(20(17,18)15-6-10(11,12)13)8-4-2-3-7(5-8)9(14)19/h2-5,15H,6H2,1H3,(H2,14,19). The Hall–Kier alpha value is -1.39. The second-order valence-electron chi connectivity index (χ2n) is 3.82. The third kappa shape index (κ3) is 4.62. The van der Waals surface area contributed by atoms with Gasteiger partial charge in [0.25, 0.3) is 0 Å². The summed E-state index contributed by atoms with van der Waals surface area (Å²) in [6.45, 7) is -1.64. The fourth-order valence-corrected chi connectivity index (χ4v) is 2.32. The Morgan fingerprint density at radius 3 is 2.55 bits per heavy atom. The van der Waals surface area contributed by atoms with E-state index < -0.39 is 22.9 Å². The number of nitrogens with one attached hydrogen (secondary N) is 1. The molecule has 0 fully saturated rings. The molecule has 0 saturated carbocycles. The average Bonchev–Trinajstić information content (AvgIpc) is 2.35. The lowest BCUT2D eigenvalue weighted by Crippen LogP contribution is -2.42. The van der Waals surface area contributed by atoms with E-state index in [-0.39, 0.29) is 10.7 Å². The zero-order chi connectivity index (χ0) is 15.6. The maximum atomic E-state index is 12.0. The lowest BCUT2D eigenvalue weighted by molar-refractivity contribution is -0.121. The molecule has 0 saturated heterocycles. The van der Waals surface area contributed by atoms with Gasteiger partial charge >= 0.3 is 16.4 Å². The highest BCUT2D eigenvalue weighted by Gasteiger charge is 2.31. The third-order valence-electron chi connectivity index (χ3n) is 2.31. The molecule has 1 aromatic rings. The Bertz CT molecular complexity index is 602. The first kappa shape index (κ1) is 16.7. The van der Waals surface area contributed by atoms with E-state index in [1.165, 1.54) is 22.9 Å². The summed E-state index contributed by atoms with van der Waals surface area (Å²) in [5, 5.41) is 0. The Kier molecular flexibility index (Phi) is 4.95. The van der Waals surface area contributed by atoms with Crippen molar-refractivity contribution < 1.29 is 21.6 Å². The van der Waals surface area contributed by atoms with E-state index in [4.69, 9.17) is 18.0 Å². The highest BCUT2D eigenvalue weighted by Crippen LogP contribution is 2.18. The lowest BCUT2D eigenvalue weighted by Gasteiger charge is -2.20. The molecule has 0 amide bonds. The minimum atomic E-state index is -4.63. The summed E-state index contributed by atoms with van der Waals surface area (Å²) < 4.78 is 61.7. The van der Waals surface area contributed by atoms with Gasteiger partial charge in [-0.3, -0.25) is 4.31 Å². The molecule has 0 atom stereocenters. The van der Waals surface area contributed by atoms with Gasteiger partial charge in [0.15, 0.2) is 0 Å². The van der Waals surface area contributed by atoms with Crippen LogP contribution in [0, 0.1) is 0 Å². The molecule has 0 unspecified atom stereocenters. The van der Waals surface area contributed by atoms with E-state index in [1.54, 1.807) is 6.07 Å². The summed E-state index contributed by atoms with van der Waals surface area (Å²) in [5.74, 6) is 0. The fraction of sp³-hybridized carbons (Fsp3) is 0.300. The SMILES string of the molecule is CN(c1cccc(C(N)=S)c1)S(=O)(=O)NCC(F)(F)F. The summed E-state index contributed by atoms with van der Waals surface area (Å²) in [6, 6.07) is 5.85. The molecule has 0 bridgehead atoms. The van der Waals surface area contributed by atoms with Crippen LogP contribution in [-0.4, -0.2) is 33.2 Å². The first-order chi connectivity index (χ1) is 9.03. The van der Waals surface area contributed by atoms with Crippen molar-refractivity contribution in [3.05, 3.63) is 29.8 Å². The summed E-state index contributed by atoms with van der Waals surface area (Å²) in [4.78, 5) is 0.0564. The zero-order valence-corrected chi connectivity index (χ0v) is 11.9.